The number of hydrogen-bond acceptors (Lipinski definition) is 4. The molecule has 0 aromatic heterocycles. The van der Waals surface area contributed by atoms with E-state index in [0.29, 0.717) is 26.0 Å². The first kappa shape index (κ1) is 18.2. The van der Waals surface area contributed by atoms with Crippen LogP contribution in [0.15, 0.2) is 0 Å². The monoisotopic (exact) mass is 285 g/mol. The number of amides is 2. The molecule has 1 atom stereocenters. The van der Waals surface area contributed by atoms with E-state index in [-0.39, 0.29) is 13.0 Å². The number of carboxylic acids is 1. The van der Waals surface area contributed by atoms with Crippen molar-refractivity contribution in [3.63, 3.8) is 0 Å². The summed E-state index contributed by atoms with van der Waals surface area (Å²) in [4.78, 5) is 24.8. The number of methoxy groups -OCH3 is 1. The standard InChI is InChI=1S/C13H23N3O4/c1-4-6-13(2,11(17)18)15-12(19)16(8-5-7-14)9-10-20-3/h4-6,8-10H2,1-3H3,(H,15,19)(H,17,18). The van der Waals surface area contributed by atoms with Gasteiger partial charge < -0.3 is 20.1 Å². The molecule has 0 fully saturated rings. The average molecular weight is 285 g/mol. The predicted octanol–water partition coefficient (Wildman–Crippen LogP) is 1.20. The van der Waals surface area contributed by atoms with E-state index in [4.69, 9.17) is 10.00 Å². The van der Waals surface area contributed by atoms with Gasteiger partial charge in [0.25, 0.3) is 0 Å². The molecule has 0 heterocycles. The number of carbonyl (C=O) groups excluding carboxylic acids is 1. The van der Waals surface area contributed by atoms with E-state index in [1.807, 2.05) is 13.0 Å². The molecule has 2 N–H and O–H groups in total. The van der Waals surface area contributed by atoms with E-state index < -0.39 is 17.5 Å². The maximum absolute atomic E-state index is 12.1. The first-order valence-corrected chi connectivity index (χ1v) is 6.57. The Morgan fingerprint density at radius 3 is 2.55 bits per heavy atom. The fraction of sp³-hybridized carbons (Fsp3) is 0.769. The molecule has 0 aromatic rings. The van der Waals surface area contributed by atoms with E-state index in [1.54, 1.807) is 0 Å². The summed E-state index contributed by atoms with van der Waals surface area (Å²) in [5, 5.41) is 20.4. The van der Waals surface area contributed by atoms with Crippen molar-refractivity contribution in [3.05, 3.63) is 0 Å². The lowest BCUT2D eigenvalue weighted by Crippen LogP contribution is -2.56. The summed E-state index contributed by atoms with van der Waals surface area (Å²) in [5.74, 6) is -1.07. The maximum atomic E-state index is 12.1. The number of aliphatic carboxylic acids is 1. The quantitative estimate of drug-likeness (QED) is 0.662. The lowest BCUT2D eigenvalue weighted by atomic mass is 9.96. The molecule has 20 heavy (non-hydrogen) atoms. The van der Waals surface area contributed by atoms with Crippen molar-refractivity contribution in [2.75, 3.05) is 26.8 Å². The van der Waals surface area contributed by atoms with Crippen LogP contribution in [0.25, 0.3) is 0 Å². The Labute approximate surface area is 119 Å². The Hall–Kier alpha value is -1.81. The van der Waals surface area contributed by atoms with Crippen molar-refractivity contribution in [3.8, 4) is 6.07 Å². The van der Waals surface area contributed by atoms with Crippen LogP contribution >= 0.6 is 0 Å². The van der Waals surface area contributed by atoms with Gasteiger partial charge in [0.2, 0.25) is 0 Å². The van der Waals surface area contributed by atoms with Crippen LogP contribution in [0.2, 0.25) is 0 Å². The number of carboxylic acid groups (broad SMARTS) is 1. The van der Waals surface area contributed by atoms with Gasteiger partial charge >= 0.3 is 12.0 Å². The van der Waals surface area contributed by atoms with Crippen molar-refractivity contribution in [2.24, 2.45) is 0 Å². The fourth-order valence-electron chi connectivity index (χ4n) is 1.74. The lowest BCUT2D eigenvalue weighted by Gasteiger charge is -2.30. The van der Waals surface area contributed by atoms with Crippen molar-refractivity contribution in [1.82, 2.24) is 10.2 Å². The van der Waals surface area contributed by atoms with Crippen molar-refractivity contribution in [2.45, 2.75) is 38.6 Å². The highest BCUT2D eigenvalue weighted by molar-refractivity contribution is 5.85. The van der Waals surface area contributed by atoms with E-state index in [0.717, 1.165) is 0 Å². The maximum Gasteiger partial charge on any atom is 0.329 e. The summed E-state index contributed by atoms with van der Waals surface area (Å²) in [6.07, 6.45) is 1.17. The highest BCUT2D eigenvalue weighted by Crippen LogP contribution is 2.13. The van der Waals surface area contributed by atoms with Crippen molar-refractivity contribution >= 4 is 12.0 Å². The van der Waals surface area contributed by atoms with E-state index in [9.17, 15) is 14.7 Å². The summed E-state index contributed by atoms with van der Waals surface area (Å²) in [6.45, 7) is 4.22. The molecule has 0 radical (unpaired) electrons. The minimum Gasteiger partial charge on any atom is -0.480 e. The Morgan fingerprint density at radius 2 is 2.10 bits per heavy atom. The zero-order valence-corrected chi connectivity index (χ0v) is 12.3. The number of hydrogen-bond donors (Lipinski definition) is 2. The number of nitriles is 1. The highest BCUT2D eigenvalue weighted by atomic mass is 16.5. The van der Waals surface area contributed by atoms with Gasteiger partial charge in [-0.25, -0.2) is 9.59 Å². The van der Waals surface area contributed by atoms with E-state index >= 15 is 0 Å². The number of rotatable bonds is 9. The normalized spacial score (nSPS) is 13.1. The predicted molar refractivity (Wildman–Crippen MR) is 73.2 cm³/mol. The van der Waals surface area contributed by atoms with E-state index in [1.165, 1.54) is 18.9 Å². The molecule has 0 rings (SSSR count). The van der Waals surface area contributed by atoms with Gasteiger partial charge in [-0.2, -0.15) is 5.26 Å². The third kappa shape index (κ3) is 5.89. The topological polar surface area (TPSA) is 103 Å². The largest absolute Gasteiger partial charge is 0.480 e. The molecular formula is C13H23N3O4. The molecular weight excluding hydrogens is 262 g/mol. The molecule has 2 amide bonds. The minimum absolute atomic E-state index is 0.189. The second-order valence-electron chi connectivity index (χ2n) is 4.71. The highest BCUT2D eigenvalue weighted by Gasteiger charge is 2.35. The van der Waals surface area contributed by atoms with Crippen LogP contribution < -0.4 is 5.32 Å². The molecule has 7 nitrogen and oxygen atoms in total. The van der Waals surface area contributed by atoms with Crippen molar-refractivity contribution in [1.29, 1.82) is 5.26 Å². The third-order valence-corrected chi connectivity index (χ3v) is 2.95. The number of carbonyl (C=O) groups is 2. The summed E-state index contributed by atoms with van der Waals surface area (Å²) < 4.78 is 4.91. The van der Waals surface area contributed by atoms with Gasteiger partial charge in [0.05, 0.1) is 19.1 Å². The zero-order chi connectivity index (χ0) is 15.6. The summed E-state index contributed by atoms with van der Waals surface area (Å²) in [7, 11) is 1.51. The smallest absolute Gasteiger partial charge is 0.329 e. The molecule has 0 aliphatic rings. The summed E-state index contributed by atoms with van der Waals surface area (Å²) in [5.41, 5.74) is -1.30. The van der Waals surface area contributed by atoms with Crippen LogP contribution in [-0.2, 0) is 9.53 Å². The SMILES string of the molecule is CCCC(C)(NC(=O)N(CCC#N)CCOC)C(=O)O. The second-order valence-corrected chi connectivity index (χ2v) is 4.71. The molecule has 1 unspecified atom stereocenters. The summed E-state index contributed by atoms with van der Waals surface area (Å²) >= 11 is 0. The number of nitrogens with zero attached hydrogens (tertiary/aromatic N) is 2. The molecule has 114 valence electrons. The zero-order valence-electron chi connectivity index (χ0n) is 12.3. The van der Waals surface area contributed by atoms with Gasteiger partial charge in [-0.3, -0.25) is 0 Å². The third-order valence-electron chi connectivity index (χ3n) is 2.95. The average Bonchev–Trinajstić information content (AvgIpc) is 2.38. The molecule has 0 aliphatic heterocycles. The minimum atomic E-state index is -1.30. The molecule has 0 saturated heterocycles. The van der Waals surface area contributed by atoms with Crippen LogP contribution in [0, 0.1) is 11.3 Å². The van der Waals surface area contributed by atoms with Gasteiger partial charge in [0.1, 0.15) is 5.54 Å². The number of urea groups is 1. The first-order chi connectivity index (χ1) is 9.41. The molecule has 0 spiro atoms. The second kappa shape index (κ2) is 9.15. The first-order valence-electron chi connectivity index (χ1n) is 6.57. The number of ether oxygens (including phenoxy) is 1. The van der Waals surface area contributed by atoms with Gasteiger partial charge in [-0.1, -0.05) is 13.3 Å². The molecule has 0 bridgehead atoms. The van der Waals surface area contributed by atoms with Gasteiger partial charge in [0.15, 0.2) is 0 Å². The Balaban J connectivity index is 4.78. The lowest BCUT2D eigenvalue weighted by molar-refractivity contribution is -0.144. The van der Waals surface area contributed by atoms with Crippen LogP contribution in [-0.4, -0.2) is 54.4 Å². The molecule has 0 saturated carbocycles. The summed E-state index contributed by atoms with van der Waals surface area (Å²) in [6, 6.07) is 1.47. The van der Waals surface area contributed by atoms with Gasteiger partial charge in [0, 0.05) is 20.2 Å². The molecule has 0 aliphatic carbocycles. The molecule has 7 heteroatoms. The fourth-order valence-corrected chi connectivity index (χ4v) is 1.74. The molecule has 0 aromatic carbocycles. The van der Waals surface area contributed by atoms with Crippen LogP contribution in [0.1, 0.15) is 33.1 Å². The Kier molecular flexibility index (Phi) is 8.32. The van der Waals surface area contributed by atoms with Crippen molar-refractivity contribution < 1.29 is 19.4 Å². The van der Waals surface area contributed by atoms with Crippen LogP contribution in [0.5, 0.6) is 0 Å². The number of nitrogens with one attached hydrogen (secondary N) is 1. The van der Waals surface area contributed by atoms with Gasteiger partial charge in [-0.05, 0) is 13.3 Å². The Bertz CT molecular complexity index is 367. The van der Waals surface area contributed by atoms with E-state index in [2.05, 4.69) is 5.32 Å². The van der Waals surface area contributed by atoms with Gasteiger partial charge in [-0.15, -0.1) is 0 Å². The van der Waals surface area contributed by atoms with Crippen LogP contribution in [0.3, 0.4) is 0 Å². The Morgan fingerprint density at radius 1 is 1.45 bits per heavy atom. The van der Waals surface area contributed by atoms with Crippen LogP contribution in [0.4, 0.5) is 4.79 Å².